The lowest BCUT2D eigenvalue weighted by Crippen LogP contribution is -2.32. The van der Waals surface area contributed by atoms with E-state index in [1.54, 1.807) is 0 Å². The van der Waals surface area contributed by atoms with Crippen LogP contribution < -0.4 is 5.32 Å². The first-order chi connectivity index (χ1) is 10.0. The van der Waals surface area contributed by atoms with Crippen molar-refractivity contribution in [1.82, 2.24) is 5.32 Å². The molecule has 0 aromatic heterocycles. The van der Waals surface area contributed by atoms with Gasteiger partial charge in [0.25, 0.3) is 11.6 Å². The number of nitrogens with zero attached hydrogens (tertiary/aromatic N) is 1. The topological polar surface area (TPSA) is 72.2 Å². The molecule has 1 aromatic rings. The molecule has 1 N–H and O–H groups in total. The smallest absolute Gasteiger partial charge is 0.282 e. The van der Waals surface area contributed by atoms with Crippen LogP contribution in [0.25, 0.3) is 0 Å². The van der Waals surface area contributed by atoms with Gasteiger partial charge in [-0.1, -0.05) is 6.42 Å². The number of rotatable bonds is 4. The van der Waals surface area contributed by atoms with Gasteiger partial charge >= 0.3 is 0 Å². The minimum Gasteiger partial charge on any atom is -0.352 e. The molecule has 2 saturated carbocycles. The first kappa shape index (κ1) is 14.0. The molecule has 3 unspecified atom stereocenters. The Morgan fingerprint density at radius 1 is 1.38 bits per heavy atom. The zero-order valence-electron chi connectivity index (χ0n) is 11.5. The van der Waals surface area contributed by atoms with Crippen molar-refractivity contribution in [2.24, 2.45) is 17.8 Å². The Labute approximate surface area is 121 Å². The van der Waals surface area contributed by atoms with Gasteiger partial charge < -0.3 is 5.32 Å². The summed E-state index contributed by atoms with van der Waals surface area (Å²) in [4.78, 5) is 22.3. The van der Waals surface area contributed by atoms with Crippen LogP contribution in [-0.4, -0.2) is 17.4 Å². The number of hydrogen-bond acceptors (Lipinski definition) is 3. The SMILES string of the molecule is O=C(NCC1CC2CCC1C2)c1cc(F)ccc1[N+](=O)[O-]. The Kier molecular flexibility index (Phi) is 3.61. The van der Waals surface area contributed by atoms with Crippen LogP contribution in [0.1, 0.15) is 36.0 Å². The number of nitro benzene ring substituents is 1. The van der Waals surface area contributed by atoms with E-state index in [1.165, 1.54) is 19.3 Å². The largest absolute Gasteiger partial charge is 0.352 e. The minimum atomic E-state index is -0.661. The minimum absolute atomic E-state index is 0.205. The highest BCUT2D eigenvalue weighted by atomic mass is 19.1. The first-order valence-electron chi connectivity index (χ1n) is 7.26. The van der Waals surface area contributed by atoms with Gasteiger partial charge in [0.2, 0.25) is 0 Å². The standard InChI is InChI=1S/C15H17FN2O3/c16-12-3-4-14(18(20)21)13(7-12)15(19)17-8-11-6-9-1-2-10(11)5-9/h3-4,7,9-11H,1-2,5-6,8H2,(H,17,19). The summed E-state index contributed by atoms with van der Waals surface area (Å²) in [6.45, 7) is 0.521. The molecule has 5 nitrogen and oxygen atoms in total. The number of carbonyl (C=O) groups excluding carboxylic acids is 1. The van der Waals surface area contributed by atoms with E-state index in [0.717, 1.165) is 30.5 Å². The molecule has 0 aliphatic heterocycles. The average molecular weight is 292 g/mol. The third-order valence-electron chi connectivity index (χ3n) is 4.81. The molecular formula is C15H17FN2O3. The lowest BCUT2D eigenvalue weighted by molar-refractivity contribution is -0.385. The summed E-state index contributed by atoms with van der Waals surface area (Å²) in [7, 11) is 0. The number of nitrogens with one attached hydrogen (secondary N) is 1. The van der Waals surface area contributed by atoms with Crippen LogP contribution in [0.5, 0.6) is 0 Å². The summed E-state index contributed by atoms with van der Waals surface area (Å²) in [5.74, 6) is 0.688. The van der Waals surface area contributed by atoms with Crippen molar-refractivity contribution in [3.05, 3.63) is 39.7 Å². The summed E-state index contributed by atoms with van der Waals surface area (Å²) in [6.07, 6.45) is 4.85. The number of hydrogen-bond donors (Lipinski definition) is 1. The Balaban J connectivity index is 1.68. The van der Waals surface area contributed by atoms with Gasteiger partial charge in [0.15, 0.2) is 0 Å². The quantitative estimate of drug-likeness (QED) is 0.685. The third kappa shape index (κ3) is 2.75. The normalized spacial score (nSPS) is 26.8. The molecule has 112 valence electrons. The van der Waals surface area contributed by atoms with Gasteiger partial charge in [0, 0.05) is 12.6 Å². The summed E-state index contributed by atoms with van der Waals surface area (Å²) in [5.41, 5.74) is -0.565. The number of carbonyl (C=O) groups is 1. The predicted octanol–water partition coefficient (Wildman–Crippen LogP) is 2.90. The molecule has 2 fully saturated rings. The van der Waals surface area contributed by atoms with Crippen LogP contribution in [0.3, 0.4) is 0 Å². The van der Waals surface area contributed by atoms with Crippen LogP contribution in [-0.2, 0) is 0 Å². The highest BCUT2D eigenvalue weighted by Gasteiger charge is 2.39. The third-order valence-corrected chi connectivity index (χ3v) is 4.81. The molecule has 0 radical (unpaired) electrons. The van der Waals surface area contributed by atoms with E-state index in [0.29, 0.717) is 18.4 Å². The average Bonchev–Trinajstić information content (AvgIpc) is 3.06. The van der Waals surface area contributed by atoms with Crippen LogP contribution in [0.4, 0.5) is 10.1 Å². The van der Waals surface area contributed by atoms with E-state index in [1.807, 2.05) is 0 Å². The van der Waals surface area contributed by atoms with E-state index in [4.69, 9.17) is 0 Å². The Morgan fingerprint density at radius 2 is 2.19 bits per heavy atom. The maximum atomic E-state index is 13.2. The zero-order chi connectivity index (χ0) is 15.0. The molecule has 2 aliphatic carbocycles. The van der Waals surface area contributed by atoms with Crippen LogP contribution >= 0.6 is 0 Å². The highest BCUT2D eigenvalue weighted by molar-refractivity contribution is 5.98. The molecule has 1 aromatic carbocycles. The van der Waals surface area contributed by atoms with Crippen LogP contribution in [0, 0.1) is 33.7 Å². The maximum absolute atomic E-state index is 13.2. The number of amides is 1. The van der Waals surface area contributed by atoms with Crippen molar-refractivity contribution in [3.63, 3.8) is 0 Å². The molecule has 21 heavy (non-hydrogen) atoms. The molecule has 2 aliphatic rings. The summed E-state index contributed by atoms with van der Waals surface area (Å²) >= 11 is 0. The van der Waals surface area contributed by atoms with E-state index < -0.39 is 16.6 Å². The summed E-state index contributed by atoms with van der Waals surface area (Å²) < 4.78 is 13.2. The molecule has 2 bridgehead atoms. The fraction of sp³-hybridized carbons (Fsp3) is 0.533. The molecule has 3 rings (SSSR count). The van der Waals surface area contributed by atoms with Crippen LogP contribution in [0.2, 0.25) is 0 Å². The number of benzene rings is 1. The predicted molar refractivity (Wildman–Crippen MR) is 74.3 cm³/mol. The van der Waals surface area contributed by atoms with Crippen molar-refractivity contribution in [2.75, 3.05) is 6.54 Å². The van der Waals surface area contributed by atoms with Gasteiger partial charge in [-0.2, -0.15) is 0 Å². The molecule has 1 amide bonds. The van der Waals surface area contributed by atoms with Gasteiger partial charge in [-0.15, -0.1) is 0 Å². The monoisotopic (exact) mass is 292 g/mol. The second kappa shape index (κ2) is 5.42. The first-order valence-corrected chi connectivity index (χ1v) is 7.26. The van der Waals surface area contributed by atoms with Crippen molar-refractivity contribution in [3.8, 4) is 0 Å². The number of fused-ring (bicyclic) bond motifs is 2. The lowest BCUT2D eigenvalue weighted by atomic mass is 9.89. The molecule has 0 spiro atoms. The second-order valence-electron chi connectivity index (χ2n) is 6.06. The summed E-state index contributed by atoms with van der Waals surface area (Å²) in [5, 5.41) is 13.6. The molecule has 3 atom stereocenters. The molecule has 0 saturated heterocycles. The highest BCUT2D eigenvalue weighted by Crippen LogP contribution is 2.47. The van der Waals surface area contributed by atoms with E-state index in [-0.39, 0.29) is 11.3 Å². The van der Waals surface area contributed by atoms with Crippen molar-refractivity contribution >= 4 is 11.6 Å². The zero-order valence-corrected chi connectivity index (χ0v) is 11.5. The Bertz CT molecular complexity index is 590. The molecule has 0 heterocycles. The Hall–Kier alpha value is -1.98. The fourth-order valence-corrected chi connectivity index (χ4v) is 3.79. The van der Waals surface area contributed by atoms with Crippen molar-refractivity contribution in [1.29, 1.82) is 0 Å². The number of nitro groups is 1. The van der Waals surface area contributed by atoms with Crippen molar-refractivity contribution in [2.45, 2.75) is 25.7 Å². The second-order valence-corrected chi connectivity index (χ2v) is 6.06. The van der Waals surface area contributed by atoms with Gasteiger partial charge in [-0.05, 0) is 49.1 Å². The fourth-order valence-electron chi connectivity index (χ4n) is 3.79. The Morgan fingerprint density at radius 3 is 2.81 bits per heavy atom. The van der Waals surface area contributed by atoms with Gasteiger partial charge in [0.1, 0.15) is 11.4 Å². The van der Waals surface area contributed by atoms with Gasteiger partial charge in [-0.3, -0.25) is 14.9 Å². The molecular weight excluding hydrogens is 275 g/mol. The van der Waals surface area contributed by atoms with E-state index in [9.17, 15) is 19.3 Å². The van der Waals surface area contributed by atoms with E-state index >= 15 is 0 Å². The molecule has 6 heteroatoms. The number of halogens is 1. The van der Waals surface area contributed by atoms with E-state index in [2.05, 4.69) is 5.32 Å². The maximum Gasteiger partial charge on any atom is 0.282 e. The van der Waals surface area contributed by atoms with Crippen LogP contribution in [0.15, 0.2) is 18.2 Å². The van der Waals surface area contributed by atoms with Gasteiger partial charge in [-0.25, -0.2) is 4.39 Å². The van der Waals surface area contributed by atoms with Gasteiger partial charge in [0.05, 0.1) is 4.92 Å². The lowest BCUT2D eigenvalue weighted by Gasteiger charge is -2.21. The van der Waals surface area contributed by atoms with Crippen molar-refractivity contribution < 1.29 is 14.1 Å². The summed E-state index contributed by atoms with van der Waals surface area (Å²) in [6, 6.07) is 2.95.